The summed E-state index contributed by atoms with van der Waals surface area (Å²) in [6.07, 6.45) is 3.08. The molecule has 0 spiro atoms. The third-order valence-electron chi connectivity index (χ3n) is 3.63. The monoisotopic (exact) mass is 299 g/mol. The molecule has 0 fully saturated rings. The number of rotatable bonds is 3. The van der Waals surface area contributed by atoms with E-state index in [-0.39, 0.29) is 0 Å². The van der Waals surface area contributed by atoms with Gasteiger partial charge in [0.05, 0.1) is 4.91 Å². The summed E-state index contributed by atoms with van der Waals surface area (Å²) in [6.45, 7) is 1.94. The largest absolute Gasteiger partial charge is 0.280 e. The van der Waals surface area contributed by atoms with Crippen LogP contribution in [0.5, 0.6) is 0 Å². The molecule has 0 heterocycles. The van der Waals surface area contributed by atoms with Crippen LogP contribution in [0.1, 0.15) is 23.1 Å². The zero-order valence-electron chi connectivity index (χ0n) is 11.8. The Morgan fingerprint density at radius 2 is 1.81 bits per heavy atom. The highest BCUT2D eigenvalue weighted by atomic mass is 32.2. The van der Waals surface area contributed by atoms with E-state index in [4.69, 9.17) is 0 Å². The van der Waals surface area contributed by atoms with Crippen molar-refractivity contribution in [1.29, 1.82) is 0 Å². The van der Waals surface area contributed by atoms with Crippen molar-refractivity contribution in [3.8, 4) is 0 Å². The Morgan fingerprint density at radius 3 is 2.62 bits per heavy atom. The molecule has 108 valence electrons. The van der Waals surface area contributed by atoms with Gasteiger partial charge in [0.2, 0.25) is 0 Å². The Bertz CT molecular complexity index is 807. The van der Waals surface area contributed by atoms with Crippen LogP contribution in [0.25, 0.3) is 6.08 Å². The lowest BCUT2D eigenvalue weighted by Crippen LogP contribution is -2.17. The summed E-state index contributed by atoms with van der Waals surface area (Å²) in [6, 6.07) is 15.3. The summed E-state index contributed by atoms with van der Waals surface area (Å²) in [7, 11) is -3.48. The minimum absolute atomic E-state index is 0.447. The fraction of sp³-hybridized carbons (Fsp3) is 0.176. The molecular weight excluding hydrogens is 282 g/mol. The standard InChI is InChI=1S/C17H17NO2S/c1-13-5-4-8-16(11-13)18-21(19,20)17-10-9-14-6-2-3-7-15(14)12-17/h2-8,11-12,18H,9-10H2,1H3. The van der Waals surface area contributed by atoms with E-state index in [2.05, 4.69) is 4.72 Å². The average molecular weight is 299 g/mol. The lowest BCUT2D eigenvalue weighted by atomic mass is 9.98. The number of sulfonamides is 1. The minimum atomic E-state index is -3.48. The number of hydrogen-bond donors (Lipinski definition) is 1. The highest BCUT2D eigenvalue weighted by molar-refractivity contribution is 7.96. The molecule has 0 radical (unpaired) electrons. The smallest absolute Gasteiger partial charge is 0.258 e. The maximum absolute atomic E-state index is 12.5. The number of allylic oxidation sites excluding steroid dienone is 1. The molecule has 0 unspecified atom stereocenters. The molecule has 21 heavy (non-hydrogen) atoms. The van der Waals surface area contributed by atoms with Crippen molar-refractivity contribution in [2.24, 2.45) is 0 Å². The molecular formula is C17H17NO2S. The first-order valence-electron chi connectivity index (χ1n) is 6.92. The number of fused-ring (bicyclic) bond motifs is 1. The highest BCUT2D eigenvalue weighted by Crippen LogP contribution is 2.28. The second kappa shape index (κ2) is 5.37. The zero-order chi connectivity index (χ0) is 14.9. The Kier molecular flexibility index (Phi) is 3.55. The van der Waals surface area contributed by atoms with Gasteiger partial charge in [0, 0.05) is 5.69 Å². The van der Waals surface area contributed by atoms with Gasteiger partial charge in [-0.1, -0.05) is 36.4 Å². The third-order valence-corrected chi connectivity index (χ3v) is 5.14. The van der Waals surface area contributed by atoms with E-state index >= 15 is 0 Å². The summed E-state index contributed by atoms with van der Waals surface area (Å²) >= 11 is 0. The van der Waals surface area contributed by atoms with E-state index in [1.54, 1.807) is 12.1 Å². The van der Waals surface area contributed by atoms with Crippen LogP contribution in [0, 0.1) is 6.92 Å². The van der Waals surface area contributed by atoms with Crippen molar-refractivity contribution in [1.82, 2.24) is 0 Å². The molecule has 3 nitrogen and oxygen atoms in total. The number of hydrogen-bond acceptors (Lipinski definition) is 2. The van der Waals surface area contributed by atoms with Gasteiger partial charge in [-0.05, 0) is 54.7 Å². The van der Waals surface area contributed by atoms with E-state index in [0.29, 0.717) is 17.0 Å². The second-order valence-corrected chi connectivity index (χ2v) is 7.02. The minimum Gasteiger partial charge on any atom is -0.280 e. The molecule has 2 aromatic carbocycles. The Labute approximate surface area is 125 Å². The van der Waals surface area contributed by atoms with Crippen molar-refractivity contribution in [3.63, 3.8) is 0 Å². The van der Waals surface area contributed by atoms with Gasteiger partial charge in [0.1, 0.15) is 0 Å². The van der Waals surface area contributed by atoms with Gasteiger partial charge in [0.15, 0.2) is 0 Å². The number of aryl methyl sites for hydroxylation is 2. The van der Waals surface area contributed by atoms with Crippen molar-refractivity contribution < 1.29 is 8.42 Å². The van der Waals surface area contributed by atoms with Crippen LogP contribution in [0.4, 0.5) is 5.69 Å². The van der Waals surface area contributed by atoms with Crippen molar-refractivity contribution in [2.75, 3.05) is 4.72 Å². The molecule has 0 aromatic heterocycles. The lowest BCUT2D eigenvalue weighted by molar-refractivity contribution is 0.605. The molecule has 1 N–H and O–H groups in total. The van der Waals surface area contributed by atoms with E-state index < -0.39 is 10.0 Å². The summed E-state index contributed by atoms with van der Waals surface area (Å²) < 4.78 is 27.7. The summed E-state index contributed by atoms with van der Waals surface area (Å²) in [5, 5.41) is 0. The van der Waals surface area contributed by atoms with Gasteiger partial charge < -0.3 is 0 Å². The average Bonchev–Trinajstić information content (AvgIpc) is 2.46. The molecule has 0 bridgehead atoms. The van der Waals surface area contributed by atoms with Gasteiger partial charge in [-0.15, -0.1) is 0 Å². The molecule has 1 aliphatic carbocycles. The van der Waals surface area contributed by atoms with Gasteiger partial charge >= 0.3 is 0 Å². The number of benzene rings is 2. The highest BCUT2D eigenvalue weighted by Gasteiger charge is 2.21. The molecule has 0 saturated heterocycles. The number of nitrogens with one attached hydrogen (secondary N) is 1. The van der Waals surface area contributed by atoms with E-state index in [9.17, 15) is 8.42 Å². The predicted molar refractivity (Wildman–Crippen MR) is 86.5 cm³/mol. The fourth-order valence-corrected chi connectivity index (χ4v) is 3.77. The summed E-state index contributed by atoms with van der Waals surface area (Å²) in [5.74, 6) is 0. The molecule has 0 atom stereocenters. The predicted octanol–water partition coefficient (Wildman–Crippen LogP) is 3.72. The van der Waals surface area contributed by atoms with E-state index in [0.717, 1.165) is 17.5 Å². The first-order chi connectivity index (χ1) is 10.0. The quantitative estimate of drug-likeness (QED) is 0.938. The fourth-order valence-electron chi connectivity index (χ4n) is 2.55. The zero-order valence-corrected chi connectivity index (χ0v) is 12.7. The van der Waals surface area contributed by atoms with E-state index in [1.807, 2.05) is 49.4 Å². The van der Waals surface area contributed by atoms with Gasteiger partial charge in [0.25, 0.3) is 10.0 Å². The molecule has 3 rings (SSSR count). The van der Waals surface area contributed by atoms with Crippen LogP contribution in [0.15, 0.2) is 53.4 Å². The molecule has 2 aromatic rings. The van der Waals surface area contributed by atoms with Crippen LogP contribution in [-0.4, -0.2) is 8.42 Å². The Balaban J connectivity index is 1.91. The maximum atomic E-state index is 12.5. The Morgan fingerprint density at radius 1 is 1.00 bits per heavy atom. The molecule has 0 aliphatic heterocycles. The Hall–Kier alpha value is -2.07. The first kappa shape index (κ1) is 13.9. The van der Waals surface area contributed by atoms with Crippen LogP contribution in [-0.2, 0) is 16.4 Å². The lowest BCUT2D eigenvalue weighted by Gasteiger charge is -2.17. The topological polar surface area (TPSA) is 46.2 Å². The summed E-state index contributed by atoms with van der Waals surface area (Å²) in [5.41, 5.74) is 3.83. The van der Waals surface area contributed by atoms with Crippen LogP contribution in [0.3, 0.4) is 0 Å². The normalized spacial score (nSPS) is 14.2. The van der Waals surface area contributed by atoms with Crippen molar-refractivity contribution >= 4 is 21.8 Å². The SMILES string of the molecule is Cc1cccc(NS(=O)(=O)C2=Cc3ccccc3CC2)c1. The second-order valence-electron chi connectivity index (χ2n) is 5.28. The van der Waals surface area contributed by atoms with Crippen molar-refractivity contribution in [2.45, 2.75) is 19.8 Å². The third kappa shape index (κ3) is 3.00. The van der Waals surface area contributed by atoms with Gasteiger partial charge in [-0.3, -0.25) is 4.72 Å². The van der Waals surface area contributed by atoms with Crippen LogP contribution in [0.2, 0.25) is 0 Å². The van der Waals surface area contributed by atoms with Crippen LogP contribution < -0.4 is 4.72 Å². The molecule has 0 amide bonds. The molecule has 1 aliphatic rings. The molecule has 4 heteroatoms. The van der Waals surface area contributed by atoms with Gasteiger partial charge in [-0.2, -0.15) is 0 Å². The van der Waals surface area contributed by atoms with E-state index in [1.165, 1.54) is 5.56 Å². The maximum Gasteiger partial charge on any atom is 0.258 e. The number of anilines is 1. The summed E-state index contributed by atoms with van der Waals surface area (Å²) in [4.78, 5) is 0.447. The van der Waals surface area contributed by atoms with Crippen molar-refractivity contribution in [3.05, 3.63) is 70.1 Å². The van der Waals surface area contributed by atoms with Gasteiger partial charge in [-0.25, -0.2) is 8.42 Å². The first-order valence-corrected chi connectivity index (χ1v) is 8.41. The molecule has 0 saturated carbocycles. The van der Waals surface area contributed by atoms with Crippen LogP contribution >= 0.6 is 0 Å².